The van der Waals surface area contributed by atoms with Crippen LogP contribution in [0.15, 0.2) is 48.7 Å². The first-order valence-corrected chi connectivity index (χ1v) is 7.66. The SMILES string of the molecule is Cn1ncc2ccc(CNc3ccccc3C3CC3(F)F)cc21. The van der Waals surface area contributed by atoms with E-state index in [9.17, 15) is 8.78 Å². The number of aromatic nitrogens is 2. The Morgan fingerprint density at radius 2 is 2.04 bits per heavy atom. The van der Waals surface area contributed by atoms with Gasteiger partial charge in [-0.3, -0.25) is 4.68 Å². The Hall–Kier alpha value is -2.43. The predicted octanol–water partition coefficient (Wildman–Crippen LogP) is 4.31. The van der Waals surface area contributed by atoms with Crippen LogP contribution >= 0.6 is 0 Å². The number of aryl methyl sites for hydroxylation is 1. The van der Waals surface area contributed by atoms with Gasteiger partial charge >= 0.3 is 0 Å². The van der Waals surface area contributed by atoms with Crippen molar-refractivity contribution < 1.29 is 8.78 Å². The van der Waals surface area contributed by atoms with Gasteiger partial charge in [0.2, 0.25) is 0 Å². The van der Waals surface area contributed by atoms with Gasteiger partial charge in [-0.1, -0.05) is 30.3 Å². The van der Waals surface area contributed by atoms with Crippen molar-refractivity contribution in [2.24, 2.45) is 7.05 Å². The molecule has 1 aromatic heterocycles. The van der Waals surface area contributed by atoms with Gasteiger partial charge in [-0.2, -0.15) is 5.10 Å². The molecule has 3 aromatic rings. The molecule has 0 saturated heterocycles. The van der Waals surface area contributed by atoms with E-state index in [0.29, 0.717) is 12.1 Å². The highest BCUT2D eigenvalue weighted by atomic mass is 19.3. The molecule has 3 nitrogen and oxygen atoms in total. The highest BCUT2D eigenvalue weighted by molar-refractivity contribution is 5.79. The first-order chi connectivity index (χ1) is 11.0. The second-order valence-corrected chi connectivity index (χ2v) is 6.12. The summed E-state index contributed by atoms with van der Waals surface area (Å²) in [5.74, 6) is -3.20. The molecule has 0 spiro atoms. The van der Waals surface area contributed by atoms with Crippen molar-refractivity contribution in [1.29, 1.82) is 0 Å². The van der Waals surface area contributed by atoms with Gasteiger partial charge in [-0.25, -0.2) is 8.78 Å². The monoisotopic (exact) mass is 313 g/mol. The molecule has 4 rings (SSSR count). The average Bonchev–Trinajstić information content (AvgIpc) is 3.03. The first kappa shape index (κ1) is 14.2. The van der Waals surface area contributed by atoms with Crippen LogP contribution in [0.25, 0.3) is 10.9 Å². The van der Waals surface area contributed by atoms with Crippen molar-refractivity contribution in [3.63, 3.8) is 0 Å². The molecule has 1 aliphatic carbocycles. The highest BCUT2D eigenvalue weighted by Crippen LogP contribution is 2.57. The summed E-state index contributed by atoms with van der Waals surface area (Å²) < 4.78 is 28.6. The molecule has 5 heteroatoms. The van der Waals surface area contributed by atoms with Gasteiger partial charge < -0.3 is 5.32 Å². The molecule has 0 bridgehead atoms. The number of para-hydroxylation sites is 1. The minimum absolute atomic E-state index is 0.0489. The number of alkyl halides is 2. The molecule has 118 valence electrons. The number of nitrogens with one attached hydrogen (secondary N) is 1. The molecule has 1 unspecified atom stereocenters. The number of nitrogens with zero attached hydrogens (tertiary/aromatic N) is 2. The fourth-order valence-electron chi connectivity index (χ4n) is 3.01. The normalized spacial score (nSPS) is 19.0. The lowest BCUT2D eigenvalue weighted by molar-refractivity contribution is 0.112. The van der Waals surface area contributed by atoms with Crippen LogP contribution in [0.1, 0.15) is 23.5 Å². The predicted molar refractivity (Wildman–Crippen MR) is 86.8 cm³/mol. The van der Waals surface area contributed by atoms with Crippen LogP contribution in [0, 0.1) is 0 Å². The fraction of sp³-hybridized carbons (Fsp3) is 0.278. The number of fused-ring (bicyclic) bond motifs is 1. The topological polar surface area (TPSA) is 29.9 Å². The van der Waals surface area contributed by atoms with Crippen molar-refractivity contribution in [3.8, 4) is 0 Å². The lowest BCUT2D eigenvalue weighted by Gasteiger charge is -2.12. The molecule has 1 fully saturated rings. The van der Waals surface area contributed by atoms with Crippen LogP contribution in [0.5, 0.6) is 0 Å². The number of hydrogen-bond acceptors (Lipinski definition) is 2. The maximum absolute atomic E-state index is 13.4. The number of anilines is 1. The van der Waals surface area contributed by atoms with Crippen molar-refractivity contribution in [3.05, 3.63) is 59.8 Å². The molecule has 0 radical (unpaired) electrons. The summed E-state index contributed by atoms with van der Waals surface area (Å²) in [5, 5.41) is 8.62. The lowest BCUT2D eigenvalue weighted by Crippen LogP contribution is -2.04. The summed E-state index contributed by atoms with van der Waals surface area (Å²) in [6, 6.07) is 13.5. The molecule has 1 N–H and O–H groups in total. The van der Waals surface area contributed by atoms with E-state index in [-0.39, 0.29) is 6.42 Å². The van der Waals surface area contributed by atoms with Gasteiger partial charge in [-0.15, -0.1) is 0 Å². The summed E-state index contributed by atoms with van der Waals surface area (Å²) in [4.78, 5) is 0. The van der Waals surface area contributed by atoms with E-state index in [1.165, 1.54) is 0 Å². The number of hydrogen-bond donors (Lipinski definition) is 1. The molecule has 1 saturated carbocycles. The van der Waals surface area contributed by atoms with Crippen molar-refractivity contribution in [2.45, 2.75) is 24.8 Å². The van der Waals surface area contributed by atoms with Crippen LogP contribution in [0.2, 0.25) is 0 Å². The van der Waals surface area contributed by atoms with Crippen LogP contribution < -0.4 is 5.32 Å². The Balaban J connectivity index is 1.55. The second-order valence-electron chi connectivity index (χ2n) is 6.12. The molecular weight excluding hydrogens is 296 g/mol. The highest BCUT2D eigenvalue weighted by Gasteiger charge is 2.58. The average molecular weight is 313 g/mol. The lowest BCUT2D eigenvalue weighted by atomic mass is 10.1. The standard InChI is InChI=1S/C18H17F2N3/c1-23-17-8-12(6-7-13(17)11-22-23)10-21-16-5-3-2-4-14(16)15-9-18(15,19)20/h2-8,11,15,21H,9-10H2,1H3. The van der Waals surface area contributed by atoms with Gasteiger partial charge in [0.25, 0.3) is 5.92 Å². The summed E-state index contributed by atoms with van der Waals surface area (Å²) in [5.41, 5.74) is 3.66. The minimum atomic E-state index is -2.55. The molecule has 1 aliphatic rings. The summed E-state index contributed by atoms with van der Waals surface area (Å²) in [6.07, 6.45) is 1.78. The van der Waals surface area contributed by atoms with Crippen LogP contribution in [0.3, 0.4) is 0 Å². The third-order valence-corrected chi connectivity index (χ3v) is 4.46. The van der Waals surface area contributed by atoms with Crippen LogP contribution in [-0.2, 0) is 13.6 Å². The Morgan fingerprint density at radius 1 is 1.26 bits per heavy atom. The number of rotatable bonds is 4. The van der Waals surface area contributed by atoms with Gasteiger partial charge in [0.1, 0.15) is 0 Å². The van der Waals surface area contributed by atoms with Gasteiger partial charge in [-0.05, 0) is 23.3 Å². The Kier molecular flexibility index (Phi) is 3.11. The van der Waals surface area contributed by atoms with Crippen LogP contribution in [-0.4, -0.2) is 15.7 Å². The molecule has 2 aromatic carbocycles. The third kappa shape index (κ3) is 2.56. The van der Waals surface area contributed by atoms with Crippen molar-refractivity contribution in [1.82, 2.24) is 9.78 Å². The number of benzene rings is 2. The van der Waals surface area contributed by atoms with Gasteiger partial charge in [0.05, 0.1) is 17.6 Å². The fourth-order valence-corrected chi connectivity index (χ4v) is 3.01. The second kappa shape index (κ2) is 5.05. The van der Waals surface area contributed by atoms with Gasteiger partial charge in [0.15, 0.2) is 0 Å². The zero-order chi connectivity index (χ0) is 16.0. The van der Waals surface area contributed by atoms with E-state index >= 15 is 0 Å². The summed E-state index contributed by atoms with van der Waals surface area (Å²) in [7, 11) is 1.91. The van der Waals surface area contributed by atoms with E-state index in [1.54, 1.807) is 6.07 Å². The Bertz CT molecular complexity index is 870. The first-order valence-electron chi connectivity index (χ1n) is 7.66. The zero-order valence-electron chi connectivity index (χ0n) is 12.8. The Labute approximate surface area is 132 Å². The molecule has 1 atom stereocenters. The van der Waals surface area contributed by atoms with E-state index in [0.717, 1.165) is 22.2 Å². The van der Waals surface area contributed by atoms with E-state index in [4.69, 9.17) is 0 Å². The molecule has 0 amide bonds. The number of halogens is 2. The van der Waals surface area contributed by atoms with E-state index in [2.05, 4.69) is 16.5 Å². The van der Waals surface area contributed by atoms with Gasteiger partial charge in [0, 0.05) is 31.1 Å². The maximum atomic E-state index is 13.4. The molecule has 23 heavy (non-hydrogen) atoms. The largest absolute Gasteiger partial charge is 0.381 e. The molecule has 1 heterocycles. The van der Waals surface area contributed by atoms with Crippen molar-refractivity contribution in [2.75, 3.05) is 5.32 Å². The molecular formula is C18H17F2N3. The summed E-state index contributed by atoms with van der Waals surface area (Å²) >= 11 is 0. The van der Waals surface area contributed by atoms with E-state index < -0.39 is 11.8 Å². The quantitative estimate of drug-likeness (QED) is 0.778. The summed E-state index contributed by atoms with van der Waals surface area (Å²) in [6.45, 7) is 0.594. The maximum Gasteiger partial charge on any atom is 0.256 e. The van der Waals surface area contributed by atoms with Crippen molar-refractivity contribution >= 4 is 16.6 Å². The minimum Gasteiger partial charge on any atom is -0.381 e. The smallest absolute Gasteiger partial charge is 0.256 e. The third-order valence-electron chi connectivity index (χ3n) is 4.46. The van der Waals surface area contributed by atoms with Crippen LogP contribution in [0.4, 0.5) is 14.5 Å². The molecule has 0 aliphatic heterocycles. The Morgan fingerprint density at radius 3 is 2.83 bits per heavy atom. The van der Waals surface area contributed by atoms with E-state index in [1.807, 2.05) is 48.3 Å². The zero-order valence-corrected chi connectivity index (χ0v) is 12.8.